The number of aliphatic hydroxyl groups excluding tert-OH is 2. The van der Waals surface area contributed by atoms with Gasteiger partial charge in [0.15, 0.2) is 0 Å². The molecule has 0 aromatic heterocycles. The van der Waals surface area contributed by atoms with Gasteiger partial charge in [-0.25, -0.2) is 0 Å². The quantitative estimate of drug-likeness (QED) is 0.448. The summed E-state index contributed by atoms with van der Waals surface area (Å²) in [5, 5.41) is 35.3. The molecule has 0 bridgehead atoms. The van der Waals surface area contributed by atoms with Crippen LogP contribution in [0.25, 0.3) is 0 Å². The zero-order valence-electron chi connectivity index (χ0n) is 21.8. The van der Waals surface area contributed by atoms with Gasteiger partial charge in [-0.3, -0.25) is 0 Å². The molecular weight excluding hydrogens is 352 g/mol. The normalized spacial score (nSPS) is 12.4. The first-order valence-corrected chi connectivity index (χ1v) is 10.9. The highest BCUT2D eigenvalue weighted by molar-refractivity contribution is 4.84. The molecule has 4 N–H and O–H groups in total. The molecule has 4 heteroatoms. The maximum atomic E-state index is 9.10. The summed E-state index contributed by atoms with van der Waals surface area (Å²) < 4.78 is 0. The molecule has 0 aliphatic carbocycles. The molecule has 0 amide bonds. The van der Waals surface area contributed by atoms with Crippen molar-refractivity contribution in [3.05, 3.63) is 0 Å². The van der Waals surface area contributed by atoms with Gasteiger partial charge in [-0.15, -0.1) is 0 Å². The average Bonchev–Trinajstić information content (AvgIpc) is 2.45. The summed E-state index contributed by atoms with van der Waals surface area (Å²) >= 11 is 0. The van der Waals surface area contributed by atoms with Gasteiger partial charge in [-0.05, 0) is 58.3 Å². The number of hydrogen-bond donors (Lipinski definition) is 4. The minimum absolute atomic E-state index is 0.0434. The van der Waals surface area contributed by atoms with E-state index in [0.717, 1.165) is 12.3 Å². The molecule has 0 aromatic rings. The number of aliphatic hydroxyl groups is 4. The Morgan fingerprint density at radius 1 is 0.679 bits per heavy atom. The lowest BCUT2D eigenvalue weighted by molar-refractivity contribution is -0.107. The smallest absolute Gasteiger partial charge is 0.0872 e. The maximum Gasteiger partial charge on any atom is 0.0872 e. The van der Waals surface area contributed by atoms with E-state index < -0.39 is 11.2 Å². The van der Waals surface area contributed by atoms with Crippen molar-refractivity contribution in [1.29, 1.82) is 0 Å². The lowest BCUT2D eigenvalue weighted by Crippen LogP contribution is -2.44. The van der Waals surface area contributed by atoms with Gasteiger partial charge in [0.25, 0.3) is 0 Å². The highest BCUT2D eigenvalue weighted by atomic mass is 16.3. The van der Waals surface area contributed by atoms with Gasteiger partial charge in [0.1, 0.15) is 0 Å². The Hall–Kier alpha value is -0.160. The van der Waals surface area contributed by atoms with E-state index in [0.29, 0.717) is 0 Å². The second kappa shape index (κ2) is 15.6. The Bertz CT molecular complexity index is 303. The highest BCUT2D eigenvalue weighted by Gasteiger charge is 2.34. The molecule has 0 aliphatic heterocycles. The van der Waals surface area contributed by atoms with Crippen LogP contribution in [0.2, 0.25) is 0 Å². The summed E-state index contributed by atoms with van der Waals surface area (Å²) in [4.78, 5) is 0. The molecule has 0 aromatic carbocycles. The summed E-state index contributed by atoms with van der Waals surface area (Å²) in [7, 11) is 0. The number of hydrogen-bond acceptors (Lipinski definition) is 4. The van der Waals surface area contributed by atoms with E-state index in [2.05, 4.69) is 55.4 Å². The molecule has 0 unspecified atom stereocenters. The summed E-state index contributed by atoms with van der Waals surface area (Å²) in [5.74, 6) is 0.898. The Morgan fingerprint density at radius 3 is 1.00 bits per heavy atom. The molecule has 0 aliphatic rings. The zero-order valence-corrected chi connectivity index (χ0v) is 21.8. The predicted molar refractivity (Wildman–Crippen MR) is 125 cm³/mol. The van der Waals surface area contributed by atoms with Crippen LogP contribution < -0.4 is 0 Å². The topological polar surface area (TPSA) is 80.9 Å². The van der Waals surface area contributed by atoms with Crippen LogP contribution in [0.5, 0.6) is 0 Å². The summed E-state index contributed by atoms with van der Waals surface area (Å²) in [6, 6.07) is 0. The van der Waals surface area contributed by atoms with Crippen LogP contribution in [-0.2, 0) is 0 Å². The van der Waals surface area contributed by atoms with Crippen LogP contribution >= 0.6 is 0 Å². The molecule has 28 heavy (non-hydrogen) atoms. The molecular formula is C24H56O4. The zero-order chi connectivity index (χ0) is 24.0. The third-order valence-electron chi connectivity index (χ3n) is 5.47. The molecule has 0 saturated carbocycles. The molecule has 176 valence electrons. The molecule has 0 heterocycles. The van der Waals surface area contributed by atoms with Crippen LogP contribution in [-0.4, -0.2) is 44.3 Å². The van der Waals surface area contributed by atoms with Crippen LogP contribution in [0.4, 0.5) is 0 Å². The first-order valence-electron chi connectivity index (χ1n) is 10.9. The minimum atomic E-state index is -1.01. The fourth-order valence-electron chi connectivity index (χ4n) is 1.27. The van der Waals surface area contributed by atoms with E-state index in [9.17, 15) is 0 Å². The van der Waals surface area contributed by atoms with E-state index in [1.165, 1.54) is 12.8 Å². The molecule has 0 saturated heterocycles. The Balaban J connectivity index is -0.000000144. The second-order valence-electron chi connectivity index (χ2n) is 10.7. The maximum absolute atomic E-state index is 9.10. The second-order valence-corrected chi connectivity index (χ2v) is 10.7. The van der Waals surface area contributed by atoms with E-state index in [1.807, 2.05) is 0 Å². The molecule has 0 radical (unpaired) electrons. The van der Waals surface area contributed by atoms with Crippen molar-refractivity contribution in [2.45, 2.75) is 134 Å². The monoisotopic (exact) mass is 408 g/mol. The Labute approximate surface area is 177 Å². The average molecular weight is 409 g/mol. The Kier molecular flexibility index (Phi) is 19.7. The fourth-order valence-corrected chi connectivity index (χ4v) is 1.27. The molecule has 0 spiro atoms. The van der Waals surface area contributed by atoms with Gasteiger partial charge < -0.3 is 20.4 Å². The van der Waals surface area contributed by atoms with Crippen molar-refractivity contribution in [2.24, 2.45) is 16.7 Å². The Morgan fingerprint density at radius 2 is 0.964 bits per heavy atom. The van der Waals surface area contributed by atoms with Gasteiger partial charge >= 0.3 is 0 Å². The summed E-state index contributed by atoms with van der Waals surface area (Å²) in [6.45, 7) is 27.5. The minimum Gasteiger partial charge on any atom is -0.396 e. The first kappa shape index (κ1) is 35.3. The SMILES string of the molecule is CC(C)(O)C(C)(C)O.CC(C)O.CCC(C)(C)C(C)(C)CO.CCCC(C)C. The largest absolute Gasteiger partial charge is 0.396 e. The number of rotatable bonds is 6. The van der Waals surface area contributed by atoms with Gasteiger partial charge in [0.05, 0.1) is 11.2 Å². The van der Waals surface area contributed by atoms with Crippen molar-refractivity contribution in [2.75, 3.05) is 6.61 Å². The van der Waals surface area contributed by atoms with Crippen molar-refractivity contribution >= 4 is 0 Å². The fraction of sp³-hybridized carbons (Fsp3) is 1.00. The van der Waals surface area contributed by atoms with Gasteiger partial charge in [-0.1, -0.05) is 74.7 Å². The molecule has 0 atom stereocenters. The third kappa shape index (κ3) is 22.1. The van der Waals surface area contributed by atoms with Crippen LogP contribution in [0, 0.1) is 16.7 Å². The van der Waals surface area contributed by atoms with E-state index >= 15 is 0 Å². The van der Waals surface area contributed by atoms with Crippen molar-refractivity contribution < 1.29 is 20.4 Å². The van der Waals surface area contributed by atoms with Gasteiger partial charge in [0, 0.05) is 12.7 Å². The molecule has 0 rings (SSSR count). The van der Waals surface area contributed by atoms with Crippen LogP contribution in [0.3, 0.4) is 0 Å². The predicted octanol–water partition coefficient (Wildman–Crippen LogP) is 5.80. The molecule has 4 nitrogen and oxygen atoms in total. The molecule has 0 fully saturated rings. The van der Waals surface area contributed by atoms with E-state index in [1.54, 1.807) is 41.5 Å². The van der Waals surface area contributed by atoms with Gasteiger partial charge in [-0.2, -0.15) is 0 Å². The summed E-state index contributed by atoms with van der Waals surface area (Å²) in [6.07, 6.45) is 3.65. The van der Waals surface area contributed by atoms with Crippen LogP contribution in [0.15, 0.2) is 0 Å². The van der Waals surface area contributed by atoms with E-state index in [-0.39, 0.29) is 23.5 Å². The van der Waals surface area contributed by atoms with Gasteiger partial charge in [0.2, 0.25) is 0 Å². The summed E-state index contributed by atoms with van der Waals surface area (Å²) in [5.41, 5.74) is -1.73. The first-order chi connectivity index (χ1) is 12.1. The lowest BCUT2D eigenvalue weighted by Gasteiger charge is -2.39. The van der Waals surface area contributed by atoms with Crippen LogP contribution in [0.1, 0.15) is 116 Å². The highest BCUT2D eigenvalue weighted by Crippen LogP contribution is 2.40. The van der Waals surface area contributed by atoms with Crippen molar-refractivity contribution in [3.8, 4) is 0 Å². The lowest BCUT2D eigenvalue weighted by atomic mass is 9.67. The van der Waals surface area contributed by atoms with Crippen molar-refractivity contribution in [3.63, 3.8) is 0 Å². The van der Waals surface area contributed by atoms with Crippen molar-refractivity contribution in [1.82, 2.24) is 0 Å². The standard InChI is InChI=1S/C9H20O.C6H14O2.C6H14.C3H8O/c1-6-8(2,3)9(4,5)7-10;1-5(2,7)6(3,4)8;1-4-5-6(2)3;1-3(2)4/h10H,6-7H2,1-5H3;7-8H,1-4H3;6H,4-5H2,1-3H3;3-4H,1-2H3. The van der Waals surface area contributed by atoms with E-state index in [4.69, 9.17) is 20.4 Å². The third-order valence-corrected chi connectivity index (χ3v) is 5.47.